The zero-order valence-corrected chi connectivity index (χ0v) is 20.8. The summed E-state index contributed by atoms with van der Waals surface area (Å²) in [5, 5.41) is 2.69. The van der Waals surface area contributed by atoms with Crippen molar-refractivity contribution in [2.45, 2.75) is 96.8 Å². The quantitative estimate of drug-likeness (QED) is 0.275. The van der Waals surface area contributed by atoms with Crippen LogP contribution >= 0.6 is 0 Å². The minimum absolute atomic E-state index is 0.204. The first-order chi connectivity index (χ1) is 16.0. The Morgan fingerprint density at radius 2 is 1.73 bits per heavy atom. The lowest BCUT2D eigenvalue weighted by Gasteiger charge is -2.38. The van der Waals surface area contributed by atoms with Gasteiger partial charge in [0.25, 0.3) is 0 Å². The van der Waals surface area contributed by atoms with Crippen molar-refractivity contribution in [3.8, 4) is 5.75 Å². The molecule has 0 spiro atoms. The van der Waals surface area contributed by atoms with Gasteiger partial charge >= 0.3 is 0 Å². The highest BCUT2D eigenvalue weighted by Crippen LogP contribution is 2.44. The lowest BCUT2D eigenvalue weighted by atomic mass is 9.68. The first kappa shape index (κ1) is 25.8. The predicted octanol–water partition coefficient (Wildman–Crippen LogP) is 7.56. The Morgan fingerprint density at radius 1 is 1.06 bits per heavy atom. The van der Waals surface area contributed by atoms with Gasteiger partial charge in [-0.1, -0.05) is 58.1 Å². The van der Waals surface area contributed by atoms with Crippen LogP contribution in [0.15, 0.2) is 30.4 Å². The average Bonchev–Trinajstić information content (AvgIpc) is 2.83. The van der Waals surface area contributed by atoms with Crippen LogP contribution in [0.4, 0.5) is 4.39 Å². The van der Waals surface area contributed by atoms with Crippen molar-refractivity contribution in [3.63, 3.8) is 0 Å². The molecule has 3 rings (SSSR count). The second kappa shape index (κ2) is 13.2. The van der Waals surface area contributed by atoms with Crippen LogP contribution in [0.1, 0.15) is 102 Å². The maximum Gasteiger partial charge on any atom is 0.246 e. The molecule has 4 heteroatoms. The van der Waals surface area contributed by atoms with Gasteiger partial charge in [0.05, 0.1) is 6.54 Å². The molecule has 0 aromatic heterocycles. The molecule has 1 N–H and O–H groups in total. The number of hydrogen-bond donors (Lipinski definition) is 1. The Balaban J connectivity index is 1.39. The third-order valence-corrected chi connectivity index (χ3v) is 8.01. The molecule has 1 aromatic rings. The summed E-state index contributed by atoms with van der Waals surface area (Å²) < 4.78 is 20.1. The van der Waals surface area contributed by atoms with E-state index in [-0.39, 0.29) is 24.1 Å². The van der Waals surface area contributed by atoms with Gasteiger partial charge in [0.2, 0.25) is 5.91 Å². The van der Waals surface area contributed by atoms with Crippen LogP contribution in [0.25, 0.3) is 0 Å². The summed E-state index contributed by atoms with van der Waals surface area (Å²) in [7, 11) is 0. The SMILES string of the molecule is C=C(C)C(=O)NCCOc1ccc(C2CCC(C3CCC(CCCCC)CC3)CC2)cc1F. The molecule has 0 radical (unpaired) electrons. The number of hydrogen-bond acceptors (Lipinski definition) is 2. The summed E-state index contributed by atoms with van der Waals surface area (Å²) in [5.41, 5.74) is 1.56. The molecule has 0 heterocycles. The Morgan fingerprint density at radius 3 is 2.33 bits per heavy atom. The number of halogens is 1. The van der Waals surface area contributed by atoms with Gasteiger partial charge in [-0.15, -0.1) is 0 Å². The molecule has 33 heavy (non-hydrogen) atoms. The number of nitrogens with one attached hydrogen (secondary N) is 1. The van der Waals surface area contributed by atoms with Crippen molar-refractivity contribution < 1.29 is 13.9 Å². The molecule has 0 atom stereocenters. The van der Waals surface area contributed by atoms with Gasteiger partial charge in [0.15, 0.2) is 11.6 Å². The highest BCUT2D eigenvalue weighted by molar-refractivity contribution is 5.92. The lowest BCUT2D eigenvalue weighted by molar-refractivity contribution is -0.117. The number of ether oxygens (including phenoxy) is 1. The van der Waals surface area contributed by atoms with E-state index in [1.54, 1.807) is 19.1 Å². The number of unbranched alkanes of at least 4 members (excludes halogenated alkanes) is 2. The average molecular weight is 458 g/mol. The van der Waals surface area contributed by atoms with E-state index < -0.39 is 0 Å². The van der Waals surface area contributed by atoms with Crippen LogP contribution < -0.4 is 10.1 Å². The fraction of sp³-hybridized carbons (Fsp3) is 0.690. The second-order valence-electron chi connectivity index (χ2n) is 10.5. The van der Waals surface area contributed by atoms with E-state index in [1.807, 2.05) is 6.07 Å². The Hall–Kier alpha value is -1.84. The normalized spacial score (nSPS) is 25.4. The molecule has 0 aliphatic heterocycles. The van der Waals surface area contributed by atoms with E-state index in [0.29, 0.717) is 18.0 Å². The topological polar surface area (TPSA) is 38.3 Å². The fourth-order valence-electron chi connectivity index (χ4n) is 5.92. The molecule has 1 amide bonds. The van der Waals surface area contributed by atoms with E-state index in [2.05, 4.69) is 18.8 Å². The molecule has 184 valence electrons. The molecule has 2 aliphatic rings. The number of amides is 1. The maximum absolute atomic E-state index is 14.6. The fourth-order valence-corrected chi connectivity index (χ4v) is 5.92. The van der Waals surface area contributed by atoms with Gasteiger partial charge in [-0.05, 0) is 86.8 Å². The Labute approximate surface area is 200 Å². The van der Waals surface area contributed by atoms with E-state index >= 15 is 0 Å². The highest BCUT2D eigenvalue weighted by Gasteiger charge is 2.31. The number of rotatable bonds is 11. The molecule has 2 fully saturated rings. The van der Waals surface area contributed by atoms with E-state index in [9.17, 15) is 9.18 Å². The van der Waals surface area contributed by atoms with Crippen molar-refractivity contribution in [1.82, 2.24) is 5.32 Å². The molecular weight excluding hydrogens is 413 g/mol. The van der Waals surface area contributed by atoms with Crippen LogP contribution in [-0.4, -0.2) is 19.1 Å². The molecule has 0 bridgehead atoms. The summed E-state index contributed by atoms with van der Waals surface area (Å²) in [6, 6.07) is 5.43. The van der Waals surface area contributed by atoms with Crippen molar-refractivity contribution in [2.75, 3.05) is 13.2 Å². The monoisotopic (exact) mass is 457 g/mol. The van der Waals surface area contributed by atoms with E-state index in [4.69, 9.17) is 4.74 Å². The van der Waals surface area contributed by atoms with Crippen LogP contribution in [0.2, 0.25) is 0 Å². The summed E-state index contributed by atoms with van der Waals surface area (Å²) >= 11 is 0. The van der Waals surface area contributed by atoms with E-state index in [0.717, 1.165) is 23.3 Å². The van der Waals surface area contributed by atoms with E-state index in [1.165, 1.54) is 77.0 Å². The molecule has 2 saturated carbocycles. The molecule has 0 saturated heterocycles. The molecule has 1 aromatic carbocycles. The summed E-state index contributed by atoms with van der Waals surface area (Å²) in [6.07, 6.45) is 16.3. The van der Waals surface area contributed by atoms with Gasteiger partial charge < -0.3 is 10.1 Å². The summed E-state index contributed by atoms with van der Waals surface area (Å²) in [5.74, 6) is 2.99. The zero-order chi connectivity index (χ0) is 23.6. The first-order valence-corrected chi connectivity index (χ1v) is 13.3. The number of carbonyl (C=O) groups is 1. The van der Waals surface area contributed by atoms with Crippen LogP contribution in [-0.2, 0) is 4.79 Å². The van der Waals surface area contributed by atoms with Gasteiger partial charge in [-0.2, -0.15) is 0 Å². The molecule has 2 aliphatic carbocycles. The van der Waals surface area contributed by atoms with Crippen LogP contribution in [0.5, 0.6) is 5.75 Å². The van der Waals surface area contributed by atoms with Crippen LogP contribution in [0, 0.1) is 23.6 Å². The van der Waals surface area contributed by atoms with Gasteiger partial charge in [0.1, 0.15) is 6.61 Å². The largest absolute Gasteiger partial charge is 0.489 e. The second-order valence-corrected chi connectivity index (χ2v) is 10.5. The van der Waals surface area contributed by atoms with Crippen LogP contribution in [0.3, 0.4) is 0 Å². The minimum atomic E-state index is -0.303. The predicted molar refractivity (Wildman–Crippen MR) is 134 cm³/mol. The third kappa shape index (κ3) is 7.86. The van der Waals surface area contributed by atoms with Gasteiger partial charge in [-0.25, -0.2) is 4.39 Å². The van der Waals surface area contributed by atoms with Crippen molar-refractivity contribution in [2.24, 2.45) is 17.8 Å². The summed E-state index contributed by atoms with van der Waals surface area (Å²) in [6.45, 7) is 8.11. The first-order valence-electron chi connectivity index (χ1n) is 13.3. The van der Waals surface area contributed by atoms with Crippen molar-refractivity contribution in [3.05, 3.63) is 41.7 Å². The lowest BCUT2D eigenvalue weighted by Crippen LogP contribution is -2.28. The third-order valence-electron chi connectivity index (χ3n) is 8.01. The maximum atomic E-state index is 14.6. The van der Waals surface area contributed by atoms with Gasteiger partial charge in [0, 0.05) is 5.57 Å². The molecular formula is C29H44FNO2. The number of carbonyl (C=O) groups excluding carboxylic acids is 1. The summed E-state index contributed by atoms with van der Waals surface area (Å²) in [4.78, 5) is 11.5. The minimum Gasteiger partial charge on any atom is -0.489 e. The zero-order valence-electron chi connectivity index (χ0n) is 20.8. The molecule has 3 nitrogen and oxygen atoms in total. The smallest absolute Gasteiger partial charge is 0.246 e. The Kier molecular flexibility index (Phi) is 10.3. The van der Waals surface area contributed by atoms with Crippen molar-refractivity contribution in [1.29, 1.82) is 0 Å². The highest BCUT2D eigenvalue weighted by atomic mass is 19.1. The van der Waals surface area contributed by atoms with Crippen molar-refractivity contribution >= 4 is 5.91 Å². The Bertz CT molecular complexity index is 761. The number of benzene rings is 1. The van der Waals surface area contributed by atoms with Gasteiger partial charge in [-0.3, -0.25) is 4.79 Å². The molecule has 0 unspecified atom stereocenters. The standard InChI is InChI=1S/C29H44FNO2/c1-4-5-6-7-22-8-10-23(11-9-22)24-12-14-25(15-13-24)26-16-17-28(27(30)20-26)33-19-18-31-29(32)21(2)3/h16-17,20,22-25H,2,4-15,18-19H2,1,3H3,(H,31,32).